The van der Waals surface area contributed by atoms with Crippen LogP contribution >= 0.6 is 0 Å². The molecule has 1 saturated heterocycles. The molecule has 0 bridgehead atoms. The van der Waals surface area contributed by atoms with E-state index in [2.05, 4.69) is 43.5 Å². The molecule has 1 fully saturated rings. The number of rotatable bonds is 32. The average Bonchev–Trinajstić information content (AvgIpc) is 3.10. The summed E-state index contributed by atoms with van der Waals surface area (Å²) in [6.07, 6.45) is 27.7. The second-order valence-electron chi connectivity index (χ2n) is 14.1. The fraction of sp³-hybridized carbons (Fsp3) is 0.875. The van der Waals surface area contributed by atoms with Crippen LogP contribution in [0.5, 0.6) is 0 Å². The van der Waals surface area contributed by atoms with Crippen molar-refractivity contribution in [2.75, 3.05) is 13.2 Å². The van der Waals surface area contributed by atoms with Crippen molar-refractivity contribution in [1.82, 2.24) is 5.32 Å². The molecule has 7 atom stereocenters. The maximum absolute atomic E-state index is 12.9. The zero-order valence-corrected chi connectivity index (χ0v) is 31.2. The lowest BCUT2D eigenvalue weighted by Crippen LogP contribution is -2.60. The molecule has 0 aliphatic carbocycles. The normalized spacial score (nSPS) is 22.6. The average molecular weight is 698 g/mol. The van der Waals surface area contributed by atoms with Gasteiger partial charge in [0, 0.05) is 6.42 Å². The third-order valence-electron chi connectivity index (χ3n) is 9.56. The Morgan fingerprint density at radius 1 is 0.694 bits per heavy atom. The van der Waals surface area contributed by atoms with Gasteiger partial charge >= 0.3 is 0 Å². The molecule has 7 unspecified atom stereocenters. The van der Waals surface area contributed by atoms with E-state index in [4.69, 9.17) is 9.47 Å². The molecule has 9 heteroatoms. The molecule has 0 aromatic rings. The van der Waals surface area contributed by atoms with Gasteiger partial charge in [-0.2, -0.15) is 0 Å². The number of nitrogens with one attached hydrogen (secondary N) is 1. The quantitative estimate of drug-likeness (QED) is 0.0320. The molecular weight excluding hydrogens is 622 g/mol. The van der Waals surface area contributed by atoms with Crippen LogP contribution in [0.25, 0.3) is 0 Å². The van der Waals surface area contributed by atoms with Gasteiger partial charge in [0.2, 0.25) is 5.91 Å². The van der Waals surface area contributed by atoms with Gasteiger partial charge in [0.05, 0.1) is 25.4 Å². The predicted octanol–water partition coefficient (Wildman–Crippen LogP) is 7.16. The summed E-state index contributed by atoms with van der Waals surface area (Å²) < 4.78 is 11.2. The number of allylic oxidation sites excluding steroid dienone is 4. The number of amides is 1. The maximum Gasteiger partial charge on any atom is 0.220 e. The Morgan fingerprint density at radius 2 is 1.20 bits per heavy atom. The number of carbonyl (C=O) groups excluding carboxylic acids is 1. The molecule has 288 valence electrons. The zero-order valence-electron chi connectivity index (χ0n) is 31.2. The summed E-state index contributed by atoms with van der Waals surface area (Å²) in [5.41, 5.74) is 0. The molecule has 1 rings (SSSR count). The molecule has 9 nitrogen and oxygen atoms in total. The van der Waals surface area contributed by atoms with Crippen molar-refractivity contribution < 1.29 is 39.8 Å². The fourth-order valence-corrected chi connectivity index (χ4v) is 6.25. The number of ether oxygens (including phenoxy) is 2. The second kappa shape index (κ2) is 31.4. The Bertz CT molecular complexity index is 822. The largest absolute Gasteiger partial charge is 0.394 e. The summed E-state index contributed by atoms with van der Waals surface area (Å²) in [6, 6.07) is -0.715. The summed E-state index contributed by atoms with van der Waals surface area (Å²) in [7, 11) is 0. The van der Waals surface area contributed by atoms with E-state index < -0.39 is 49.5 Å². The van der Waals surface area contributed by atoms with Crippen LogP contribution < -0.4 is 5.32 Å². The fourth-order valence-electron chi connectivity index (χ4n) is 6.25. The first kappa shape index (κ1) is 45.7. The summed E-state index contributed by atoms with van der Waals surface area (Å²) in [6.45, 7) is 3.74. The molecule has 1 aliphatic rings. The van der Waals surface area contributed by atoms with Gasteiger partial charge in [-0.25, -0.2) is 0 Å². The van der Waals surface area contributed by atoms with E-state index in [9.17, 15) is 30.3 Å². The number of unbranched alkanes of at least 4 members (excludes halogenated alkanes) is 18. The highest BCUT2D eigenvalue weighted by Gasteiger charge is 2.44. The number of carbonyl (C=O) groups is 1. The molecular formula is C40H75NO8. The molecule has 6 N–H and O–H groups in total. The van der Waals surface area contributed by atoms with Crippen LogP contribution in [0.4, 0.5) is 0 Å². The summed E-state index contributed by atoms with van der Waals surface area (Å²) in [4.78, 5) is 12.9. The number of hydrogen-bond acceptors (Lipinski definition) is 8. The molecule has 49 heavy (non-hydrogen) atoms. The van der Waals surface area contributed by atoms with Crippen LogP contribution in [-0.2, 0) is 14.3 Å². The Kier molecular flexibility index (Phi) is 29.3. The standard InChI is InChI=1S/C40H75NO8/c1-3-5-7-9-11-12-13-14-15-16-17-18-19-20-21-22-24-26-28-30-36(44)41-33(34(43)29-27-25-23-10-8-6-4-2)32-48-40-39(47)38(46)37(45)35(31-42)49-40/h11-12,14-15,33-35,37-40,42-43,45-47H,3-10,13,16-32H2,1-2H3,(H,41,44)/b12-11-,15-14-. The van der Waals surface area contributed by atoms with Gasteiger partial charge in [-0.15, -0.1) is 0 Å². The molecule has 0 spiro atoms. The minimum absolute atomic E-state index is 0.140. The van der Waals surface area contributed by atoms with Crippen molar-refractivity contribution in [1.29, 1.82) is 0 Å². The highest BCUT2D eigenvalue weighted by molar-refractivity contribution is 5.76. The molecule has 0 aromatic heterocycles. The van der Waals surface area contributed by atoms with Crippen LogP contribution in [0.1, 0.15) is 168 Å². The molecule has 0 radical (unpaired) electrons. The molecule has 0 aromatic carbocycles. The van der Waals surface area contributed by atoms with Crippen molar-refractivity contribution in [2.45, 2.75) is 211 Å². The Balaban J connectivity index is 2.30. The van der Waals surface area contributed by atoms with Crippen LogP contribution in [0.15, 0.2) is 24.3 Å². The van der Waals surface area contributed by atoms with E-state index in [0.717, 1.165) is 44.9 Å². The van der Waals surface area contributed by atoms with Crippen LogP contribution in [0.2, 0.25) is 0 Å². The minimum atomic E-state index is -1.55. The van der Waals surface area contributed by atoms with Gasteiger partial charge in [0.15, 0.2) is 6.29 Å². The Labute approximate surface area is 298 Å². The van der Waals surface area contributed by atoms with E-state index in [0.29, 0.717) is 12.8 Å². The summed E-state index contributed by atoms with van der Waals surface area (Å²) in [5.74, 6) is -0.155. The highest BCUT2D eigenvalue weighted by atomic mass is 16.7. The topological polar surface area (TPSA) is 149 Å². The number of hydrogen-bond donors (Lipinski definition) is 6. The molecule has 0 saturated carbocycles. The van der Waals surface area contributed by atoms with Crippen molar-refractivity contribution in [3.8, 4) is 0 Å². The van der Waals surface area contributed by atoms with Gasteiger partial charge in [0.1, 0.15) is 24.4 Å². The van der Waals surface area contributed by atoms with E-state index in [1.165, 1.54) is 96.3 Å². The monoisotopic (exact) mass is 698 g/mol. The Hall–Kier alpha value is -1.33. The van der Waals surface area contributed by atoms with Gasteiger partial charge in [-0.3, -0.25) is 4.79 Å². The SMILES string of the molecule is CCCCC/C=C\C/C=C\CCCCCCCCCCCC(=O)NC(COC1OC(CO)C(O)C(O)C1O)C(O)CCCCCCCCC. The van der Waals surface area contributed by atoms with E-state index in [1.54, 1.807) is 0 Å². The van der Waals surface area contributed by atoms with Crippen LogP contribution in [-0.4, -0.2) is 87.5 Å². The minimum Gasteiger partial charge on any atom is -0.394 e. The van der Waals surface area contributed by atoms with Gasteiger partial charge in [-0.05, 0) is 44.9 Å². The van der Waals surface area contributed by atoms with Gasteiger partial charge in [0.25, 0.3) is 0 Å². The van der Waals surface area contributed by atoms with Crippen molar-refractivity contribution in [2.24, 2.45) is 0 Å². The van der Waals surface area contributed by atoms with Crippen molar-refractivity contribution in [3.63, 3.8) is 0 Å². The summed E-state index contributed by atoms with van der Waals surface area (Å²) >= 11 is 0. The van der Waals surface area contributed by atoms with Crippen molar-refractivity contribution >= 4 is 5.91 Å². The number of aliphatic hydroxyl groups excluding tert-OH is 5. The molecule has 1 heterocycles. The second-order valence-corrected chi connectivity index (χ2v) is 14.1. The molecule has 1 aliphatic heterocycles. The molecule has 1 amide bonds. The highest BCUT2D eigenvalue weighted by Crippen LogP contribution is 2.23. The van der Waals surface area contributed by atoms with E-state index >= 15 is 0 Å². The van der Waals surface area contributed by atoms with Crippen LogP contribution in [0, 0.1) is 0 Å². The third-order valence-corrected chi connectivity index (χ3v) is 9.56. The zero-order chi connectivity index (χ0) is 36.0. The first-order valence-electron chi connectivity index (χ1n) is 20.0. The van der Waals surface area contributed by atoms with E-state index in [1.807, 2.05) is 0 Å². The van der Waals surface area contributed by atoms with E-state index in [-0.39, 0.29) is 12.5 Å². The predicted molar refractivity (Wildman–Crippen MR) is 198 cm³/mol. The first-order valence-corrected chi connectivity index (χ1v) is 20.0. The third kappa shape index (κ3) is 23.0. The van der Waals surface area contributed by atoms with Crippen molar-refractivity contribution in [3.05, 3.63) is 24.3 Å². The summed E-state index contributed by atoms with van der Waals surface area (Å²) in [5, 5.41) is 53.9. The first-order chi connectivity index (χ1) is 23.8. The lowest BCUT2D eigenvalue weighted by molar-refractivity contribution is -0.302. The lowest BCUT2D eigenvalue weighted by Gasteiger charge is -2.40. The smallest absolute Gasteiger partial charge is 0.220 e. The van der Waals surface area contributed by atoms with Gasteiger partial charge in [-0.1, -0.05) is 141 Å². The lowest BCUT2D eigenvalue weighted by atomic mass is 9.99. The van der Waals surface area contributed by atoms with Gasteiger partial charge < -0.3 is 40.3 Å². The Morgan fingerprint density at radius 3 is 1.80 bits per heavy atom. The number of aliphatic hydroxyl groups is 5. The van der Waals surface area contributed by atoms with Crippen LogP contribution in [0.3, 0.4) is 0 Å². The maximum atomic E-state index is 12.9.